The lowest BCUT2D eigenvalue weighted by Crippen LogP contribution is -2.45. The van der Waals surface area contributed by atoms with E-state index in [2.05, 4.69) is 31.1 Å². The van der Waals surface area contributed by atoms with Gasteiger partial charge in [-0.15, -0.1) is 0 Å². The summed E-state index contributed by atoms with van der Waals surface area (Å²) in [7, 11) is 7.03. The third-order valence-electron chi connectivity index (χ3n) is 6.37. The van der Waals surface area contributed by atoms with Gasteiger partial charge < -0.3 is 24.4 Å². The van der Waals surface area contributed by atoms with E-state index in [-0.39, 0.29) is 29.9 Å². The molecule has 0 radical (unpaired) electrons. The molecule has 0 unspecified atom stereocenters. The van der Waals surface area contributed by atoms with Crippen molar-refractivity contribution in [1.29, 1.82) is 0 Å². The normalized spacial score (nSPS) is 22.1. The Bertz CT molecular complexity index is 1010. The lowest BCUT2D eigenvalue weighted by molar-refractivity contribution is 0.0150. The van der Waals surface area contributed by atoms with Crippen molar-refractivity contribution in [2.24, 2.45) is 5.92 Å². The van der Waals surface area contributed by atoms with Gasteiger partial charge in [-0.2, -0.15) is 0 Å². The predicted molar refractivity (Wildman–Crippen MR) is 132 cm³/mol. The first kappa shape index (κ1) is 25.5. The number of likely N-dealkylation sites (N-methyl/N-ethyl adjacent to an activating group) is 2. The van der Waals surface area contributed by atoms with Crippen LogP contribution >= 0.6 is 0 Å². The molecule has 34 heavy (non-hydrogen) atoms. The lowest BCUT2D eigenvalue weighted by Gasteiger charge is -2.34. The first-order chi connectivity index (χ1) is 16.2. The van der Waals surface area contributed by atoms with Crippen LogP contribution in [-0.2, 0) is 4.74 Å². The number of hydrogen-bond acceptors (Lipinski definition) is 6. The molecule has 2 aromatic rings. The van der Waals surface area contributed by atoms with Crippen molar-refractivity contribution in [2.45, 2.75) is 26.0 Å². The number of amides is 2. The third kappa shape index (κ3) is 5.87. The molecule has 2 amide bonds. The summed E-state index contributed by atoms with van der Waals surface area (Å²) in [6.07, 6.45) is -0.0909. The van der Waals surface area contributed by atoms with Crippen LogP contribution in [0.1, 0.15) is 34.6 Å². The largest absolute Gasteiger partial charge is 0.496 e. The summed E-state index contributed by atoms with van der Waals surface area (Å²) in [5, 5.41) is 2.88. The van der Waals surface area contributed by atoms with Crippen LogP contribution in [0, 0.1) is 5.92 Å². The number of hydrogen-bond donors (Lipinski definition) is 1. The minimum absolute atomic E-state index is 0.0909. The number of rotatable bonds is 4. The minimum Gasteiger partial charge on any atom is -0.496 e. The van der Waals surface area contributed by atoms with Gasteiger partial charge in [-0.05, 0) is 44.2 Å². The number of anilines is 1. The average molecular weight is 470 g/mol. The van der Waals surface area contributed by atoms with Gasteiger partial charge in [0.1, 0.15) is 18.1 Å². The molecule has 2 aromatic carbocycles. The average Bonchev–Trinajstić information content (AvgIpc) is 2.84. The number of methoxy groups -OCH3 is 2. The highest BCUT2D eigenvalue weighted by atomic mass is 16.5. The van der Waals surface area contributed by atoms with E-state index in [4.69, 9.17) is 14.2 Å². The van der Waals surface area contributed by atoms with E-state index < -0.39 is 0 Å². The molecule has 0 saturated carbocycles. The summed E-state index contributed by atoms with van der Waals surface area (Å²) in [6.45, 7) is 5.89. The number of ether oxygens (including phenoxy) is 3. The lowest BCUT2D eigenvalue weighted by atomic mass is 10.0. The Morgan fingerprint density at radius 1 is 1.09 bits per heavy atom. The fraction of sp³-hybridized carbons (Fsp3) is 0.462. The van der Waals surface area contributed by atoms with Crippen molar-refractivity contribution in [3.8, 4) is 11.5 Å². The van der Waals surface area contributed by atoms with E-state index in [1.54, 1.807) is 61.5 Å². The molecule has 0 bridgehead atoms. The topological polar surface area (TPSA) is 80.3 Å². The van der Waals surface area contributed by atoms with E-state index in [9.17, 15) is 9.59 Å². The monoisotopic (exact) mass is 469 g/mol. The van der Waals surface area contributed by atoms with Crippen LogP contribution in [0.2, 0.25) is 0 Å². The van der Waals surface area contributed by atoms with Crippen molar-refractivity contribution in [1.82, 2.24) is 9.80 Å². The summed E-state index contributed by atoms with van der Waals surface area (Å²) >= 11 is 0. The Morgan fingerprint density at radius 3 is 2.53 bits per heavy atom. The smallest absolute Gasteiger partial charge is 0.259 e. The van der Waals surface area contributed by atoms with E-state index in [0.717, 1.165) is 6.54 Å². The number of benzene rings is 2. The first-order valence-electron chi connectivity index (χ1n) is 11.4. The molecule has 0 fully saturated rings. The maximum Gasteiger partial charge on any atom is 0.259 e. The molecule has 0 spiro atoms. The standard InChI is InChI=1S/C26H35N3O5/c1-17-14-28(3)18(2)16-34-23-13-19(27-25(30)20-9-7-8-10-22(20)32-5)11-12-21(23)26(31)29(4)15-24(17)33-6/h7-13,17-18,24H,14-16H2,1-6H3,(H,27,30)/t17-,18-,24+/m1/s1. The fourth-order valence-electron chi connectivity index (χ4n) is 4.06. The molecule has 8 heteroatoms. The van der Waals surface area contributed by atoms with Gasteiger partial charge in [0, 0.05) is 45.0 Å². The zero-order valence-electron chi connectivity index (χ0n) is 20.8. The number of para-hydroxylation sites is 1. The minimum atomic E-state index is -0.306. The van der Waals surface area contributed by atoms with Crippen LogP contribution < -0.4 is 14.8 Å². The van der Waals surface area contributed by atoms with E-state index >= 15 is 0 Å². The zero-order valence-corrected chi connectivity index (χ0v) is 20.8. The van der Waals surface area contributed by atoms with Crippen molar-refractivity contribution in [3.63, 3.8) is 0 Å². The highest BCUT2D eigenvalue weighted by Gasteiger charge is 2.27. The number of fused-ring (bicyclic) bond motifs is 1. The van der Waals surface area contributed by atoms with Crippen LogP contribution in [0.4, 0.5) is 5.69 Å². The second-order valence-electron chi connectivity index (χ2n) is 8.90. The fourth-order valence-corrected chi connectivity index (χ4v) is 4.06. The Hall–Kier alpha value is -3.10. The first-order valence-corrected chi connectivity index (χ1v) is 11.4. The molecule has 8 nitrogen and oxygen atoms in total. The molecular weight excluding hydrogens is 434 g/mol. The van der Waals surface area contributed by atoms with Crippen molar-refractivity contribution < 1.29 is 23.8 Å². The van der Waals surface area contributed by atoms with Gasteiger partial charge in [0.05, 0.1) is 24.3 Å². The summed E-state index contributed by atoms with van der Waals surface area (Å²) in [5.41, 5.74) is 1.39. The Kier molecular flexibility index (Phi) is 8.52. The van der Waals surface area contributed by atoms with Crippen LogP contribution in [0.25, 0.3) is 0 Å². The van der Waals surface area contributed by atoms with E-state index in [1.165, 1.54) is 7.11 Å². The SMILES string of the molecule is COc1ccccc1C(=O)Nc1ccc2c(c1)OC[C@@H](C)N(C)C[C@@H](C)[C@@H](OC)CN(C)C2=O. The molecule has 3 atom stereocenters. The van der Waals surface area contributed by atoms with Gasteiger partial charge in [0.15, 0.2) is 0 Å². The second kappa shape index (κ2) is 11.4. The van der Waals surface area contributed by atoms with Gasteiger partial charge in [-0.25, -0.2) is 0 Å². The highest BCUT2D eigenvalue weighted by molar-refractivity contribution is 6.06. The van der Waals surface area contributed by atoms with Gasteiger partial charge in [0.2, 0.25) is 0 Å². The van der Waals surface area contributed by atoms with Crippen LogP contribution in [-0.4, -0.2) is 81.8 Å². The molecule has 0 aromatic heterocycles. The number of nitrogens with zero attached hydrogens (tertiary/aromatic N) is 2. The maximum absolute atomic E-state index is 13.3. The zero-order chi connectivity index (χ0) is 24.8. The molecule has 0 aliphatic carbocycles. The summed E-state index contributed by atoms with van der Waals surface area (Å²) in [6, 6.07) is 12.2. The molecule has 184 valence electrons. The van der Waals surface area contributed by atoms with Crippen molar-refractivity contribution in [2.75, 3.05) is 53.3 Å². The van der Waals surface area contributed by atoms with Crippen molar-refractivity contribution >= 4 is 17.5 Å². The Balaban J connectivity index is 1.91. The van der Waals surface area contributed by atoms with Crippen molar-refractivity contribution in [3.05, 3.63) is 53.6 Å². The van der Waals surface area contributed by atoms with Gasteiger partial charge >= 0.3 is 0 Å². The van der Waals surface area contributed by atoms with Gasteiger partial charge in [0.25, 0.3) is 11.8 Å². The Morgan fingerprint density at radius 2 is 1.82 bits per heavy atom. The quantitative estimate of drug-likeness (QED) is 0.740. The number of nitrogens with one attached hydrogen (secondary N) is 1. The summed E-state index contributed by atoms with van der Waals surface area (Å²) < 4.78 is 17.1. The maximum atomic E-state index is 13.3. The van der Waals surface area contributed by atoms with Crippen LogP contribution in [0.3, 0.4) is 0 Å². The van der Waals surface area contributed by atoms with Gasteiger partial charge in [-0.3, -0.25) is 14.5 Å². The predicted octanol–water partition coefficient (Wildman–Crippen LogP) is 3.38. The highest BCUT2D eigenvalue weighted by Crippen LogP contribution is 2.27. The third-order valence-corrected chi connectivity index (χ3v) is 6.37. The molecule has 1 aliphatic heterocycles. The summed E-state index contributed by atoms with van der Waals surface area (Å²) in [5.74, 6) is 0.683. The molecular formula is C26H35N3O5. The molecule has 1 N–H and O–H groups in total. The van der Waals surface area contributed by atoms with E-state index in [0.29, 0.717) is 41.5 Å². The summed E-state index contributed by atoms with van der Waals surface area (Å²) in [4.78, 5) is 30.0. The van der Waals surface area contributed by atoms with E-state index in [1.807, 2.05) is 0 Å². The molecule has 1 heterocycles. The van der Waals surface area contributed by atoms with Crippen LogP contribution in [0.5, 0.6) is 11.5 Å². The van der Waals surface area contributed by atoms with Gasteiger partial charge in [-0.1, -0.05) is 19.1 Å². The second-order valence-corrected chi connectivity index (χ2v) is 8.90. The molecule has 0 saturated heterocycles. The van der Waals surface area contributed by atoms with Crippen LogP contribution in [0.15, 0.2) is 42.5 Å². The molecule has 3 rings (SSSR count). The Labute approximate surface area is 201 Å². The number of carbonyl (C=O) groups is 2. The number of carbonyl (C=O) groups excluding carboxylic acids is 2. The molecule has 1 aliphatic rings.